The van der Waals surface area contributed by atoms with Crippen LogP contribution in [-0.4, -0.2) is 27.9 Å². The number of nitrogens with zero attached hydrogens (tertiary/aromatic N) is 1. The number of carbonyl (C=O) groups excluding carboxylic acids is 1. The zero-order valence-electron chi connectivity index (χ0n) is 9.70. The number of hydrogen-bond donors (Lipinski definition) is 2. The highest BCUT2D eigenvalue weighted by molar-refractivity contribution is 5.97. The number of rotatable bonds is 5. The van der Waals surface area contributed by atoms with Gasteiger partial charge in [0.15, 0.2) is 0 Å². The average molecular weight is 262 g/mol. The maximum absolute atomic E-state index is 11.7. The Bertz CT molecular complexity index is 561. The molecule has 0 aliphatic rings. The third-order valence-corrected chi connectivity index (χ3v) is 2.24. The van der Waals surface area contributed by atoms with Gasteiger partial charge in [-0.3, -0.25) is 14.9 Å². The number of carboxylic acid groups (broad SMARTS) is 1. The van der Waals surface area contributed by atoms with E-state index in [9.17, 15) is 19.7 Å². The maximum atomic E-state index is 11.7. The van der Waals surface area contributed by atoms with Crippen LogP contribution in [0.4, 0.5) is 5.69 Å². The summed E-state index contributed by atoms with van der Waals surface area (Å²) in [6, 6.07) is 3.75. The van der Waals surface area contributed by atoms with Crippen molar-refractivity contribution in [3.8, 4) is 12.3 Å². The Morgan fingerprint density at radius 1 is 1.53 bits per heavy atom. The van der Waals surface area contributed by atoms with Gasteiger partial charge in [-0.15, -0.1) is 12.3 Å². The molecule has 7 heteroatoms. The van der Waals surface area contributed by atoms with Crippen LogP contribution in [0.1, 0.15) is 16.8 Å². The minimum absolute atomic E-state index is 0.00234. The molecular formula is C12H10N2O5. The lowest BCUT2D eigenvalue weighted by molar-refractivity contribution is -0.384. The molecule has 0 aliphatic heterocycles. The van der Waals surface area contributed by atoms with Crippen molar-refractivity contribution in [3.05, 3.63) is 39.9 Å². The number of carboxylic acids is 1. The summed E-state index contributed by atoms with van der Waals surface area (Å²) in [5, 5.41) is 21.6. The minimum Gasteiger partial charge on any atom is -0.480 e. The Morgan fingerprint density at radius 2 is 2.21 bits per heavy atom. The molecule has 98 valence electrons. The van der Waals surface area contributed by atoms with Crippen LogP contribution in [0.3, 0.4) is 0 Å². The van der Waals surface area contributed by atoms with Gasteiger partial charge in [-0.05, 0) is 6.07 Å². The van der Waals surface area contributed by atoms with Crippen molar-refractivity contribution in [3.63, 3.8) is 0 Å². The lowest BCUT2D eigenvalue weighted by Crippen LogP contribution is -2.40. The zero-order chi connectivity index (χ0) is 14.4. The van der Waals surface area contributed by atoms with Crippen LogP contribution >= 0.6 is 0 Å². The van der Waals surface area contributed by atoms with Gasteiger partial charge in [0.2, 0.25) is 0 Å². The third-order valence-electron chi connectivity index (χ3n) is 2.24. The molecule has 0 aromatic heterocycles. The number of terminal acetylenes is 1. The second-order valence-corrected chi connectivity index (χ2v) is 3.58. The number of benzene rings is 1. The smallest absolute Gasteiger partial charge is 0.327 e. The quantitative estimate of drug-likeness (QED) is 0.463. The van der Waals surface area contributed by atoms with Crippen molar-refractivity contribution in [2.45, 2.75) is 12.5 Å². The molecule has 0 bridgehead atoms. The van der Waals surface area contributed by atoms with Gasteiger partial charge in [0.25, 0.3) is 11.6 Å². The van der Waals surface area contributed by atoms with Gasteiger partial charge in [0, 0.05) is 24.1 Å². The van der Waals surface area contributed by atoms with Gasteiger partial charge < -0.3 is 10.4 Å². The summed E-state index contributed by atoms with van der Waals surface area (Å²) < 4.78 is 0. The Kier molecular flexibility index (Phi) is 4.60. The standard InChI is InChI=1S/C12H10N2O5/c1-2-4-10(12(16)17)13-11(15)8-5-3-6-9(7-8)14(18)19/h1,3,5-7,10H,4H2,(H,13,15)(H,16,17)/t10-/m1/s1. The monoisotopic (exact) mass is 262 g/mol. The van der Waals surface area contributed by atoms with Crippen LogP contribution in [0.5, 0.6) is 0 Å². The second-order valence-electron chi connectivity index (χ2n) is 3.58. The van der Waals surface area contributed by atoms with E-state index in [-0.39, 0.29) is 17.7 Å². The summed E-state index contributed by atoms with van der Waals surface area (Å²) >= 11 is 0. The summed E-state index contributed by atoms with van der Waals surface area (Å²) in [5.41, 5.74) is -0.256. The highest BCUT2D eigenvalue weighted by Gasteiger charge is 2.20. The van der Waals surface area contributed by atoms with E-state index >= 15 is 0 Å². The molecule has 19 heavy (non-hydrogen) atoms. The number of nitrogens with one attached hydrogen (secondary N) is 1. The van der Waals surface area contributed by atoms with E-state index in [0.29, 0.717) is 0 Å². The maximum Gasteiger partial charge on any atom is 0.327 e. The van der Waals surface area contributed by atoms with E-state index in [0.717, 1.165) is 6.07 Å². The summed E-state index contributed by atoms with van der Waals surface area (Å²) in [5.74, 6) is 0.135. The van der Waals surface area contributed by atoms with Gasteiger partial charge in [-0.25, -0.2) is 4.79 Å². The van der Waals surface area contributed by atoms with E-state index in [1.54, 1.807) is 0 Å². The molecule has 1 atom stereocenters. The highest BCUT2D eigenvalue weighted by atomic mass is 16.6. The Hall–Kier alpha value is -2.88. The number of nitro groups is 1. The summed E-state index contributed by atoms with van der Waals surface area (Å²) in [7, 11) is 0. The molecule has 0 unspecified atom stereocenters. The van der Waals surface area contributed by atoms with E-state index in [1.165, 1.54) is 18.2 Å². The molecule has 0 fully saturated rings. The Morgan fingerprint density at radius 3 is 2.74 bits per heavy atom. The molecule has 0 saturated heterocycles. The first kappa shape index (κ1) is 14.2. The minimum atomic E-state index is -1.27. The largest absolute Gasteiger partial charge is 0.480 e. The molecule has 0 radical (unpaired) electrons. The van der Waals surface area contributed by atoms with Crippen molar-refractivity contribution in [2.24, 2.45) is 0 Å². The molecular weight excluding hydrogens is 252 g/mol. The number of nitro benzene ring substituents is 1. The molecule has 0 spiro atoms. The number of aliphatic carboxylic acids is 1. The van der Waals surface area contributed by atoms with E-state index < -0.39 is 22.8 Å². The van der Waals surface area contributed by atoms with E-state index in [2.05, 4.69) is 11.2 Å². The molecule has 1 aromatic rings. The van der Waals surface area contributed by atoms with E-state index in [4.69, 9.17) is 11.5 Å². The molecule has 0 heterocycles. The first-order chi connectivity index (χ1) is 8.95. The zero-order valence-corrected chi connectivity index (χ0v) is 9.70. The summed E-state index contributed by atoms with van der Waals surface area (Å²) in [4.78, 5) is 32.5. The number of amides is 1. The number of non-ortho nitro benzene ring substituents is 1. The summed E-state index contributed by atoms with van der Waals surface area (Å²) in [6.45, 7) is 0. The first-order valence-electron chi connectivity index (χ1n) is 5.17. The SMILES string of the molecule is C#CC[C@@H](NC(=O)c1cccc([N+](=O)[O-])c1)C(=O)O. The number of carbonyl (C=O) groups is 2. The second kappa shape index (κ2) is 6.16. The van der Waals surface area contributed by atoms with Crippen molar-refractivity contribution >= 4 is 17.6 Å². The number of hydrogen-bond acceptors (Lipinski definition) is 4. The predicted octanol–water partition coefficient (Wildman–Crippen LogP) is 0.801. The fraction of sp³-hybridized carbons (Fsp3) is 0.167. The molecule has 0 aliphatic carbocycles. The average Bonchev–Trinajstić information content (AvgIpc) is 2.38. The van der Waals surface area contributed by atoms with Gasteiger partial charge in [0.1, 0.15) is 6.04 Å². The highest BCUT2D eigenvalue weighted by Crippen LogP contribution is 2.13. The van der Waals surface area contributed by atoms with Crippen LogP contribution < -0.4 is 5.32 Å². The molecule has 1 amide bonds. The van der Waals surface area contributed by atoms with Crippen molar-refractivity contribution < 1.29 is 19.6 Å². The third kappa shape index (κ3) is 3.81. The van der Waals surface area contributed by atoms with Crippen LogP contribution in [-0.2, 0) is 4.79 Å². The van der Waals surface area contributed by atoms with Gasteiger partial charge in [-0.2, -0.15) is 0 Å². The van der Waals surface area contributed by atoms with Crippen molar-refractivity contribution in [2.75, 3.05) is 0 Å². The normalized spacial score (nSPS) is 11.1. The van der Waals surface area contributed by atoms with Crippen molar-refractivity contribution in [1.82, 2.24) is 5.32 Å². The van der Waals surface area contributed by atoms with Crippen LogP contribution in [0, 0.1) is 22.5 Å². The molecule has 1 aromatic carbocycles. The van der Waals surface area contributed by atoms with Crippen LogP contribution in [0.2, 0.25) is 0 Å². The lowest BCUT2D eigenvalue weighted by atomic mass is 10.1. The van der Waals surface area contributed by atoms with Crippen molar-refractivity contribution in [1.29, 1.82) is 0 Å². The molecule has 1 rings (SSSR count). The first-order valence-corrected chi connectivity index (χ1v) is 5.17. The topological polar surface area (TPSA) is 110 Å². The fourth-order valence-corrected chi connectivity index (χ4v) is 1.32. The van der Waals surface area contributed by atoms with Gasteiger partial charge >= 0.3 is 5.97 Å². The summed E-state index contributed by atoms with van der Waals surface area (Å²) in [6.07, 6.45) is 4.82. The predicted molar refractivity (Wildman–Crippen MR) is 65.4 cm³/mol. The fourth-order valence-electron chi connectivity index (χ4n) is 1.32. The molecule has 0 saturated carbocycles. The van der Waals surface area contributed by atoms with Gasteiger partial charge in [0.05, 0.1) is 4.92 Å². The van der Waals surface area contributed by atoms with Gasteiger partial charge in [-0.1, -0.05) is 6.07 Å². The molecule has 2 N–H and O–H groups in total. The lowest BCUT2D eigenvalue weighted by Gasteiger charge is -2.11. The Labute approximate surface area is 108 Å². The van der Waals surface area contributed by atoms with Crippen LogP contribution in [0.15, 0.2) is 24.3 Å². The van der Waals surface area contributed by atoms with E-state index in [1.807, 2.05) is 0 Å². The van der Waals surface area contributed by atoms with Crippen LogP contribution in [0.25, 0.3) is 0 Å². The Balaban J connectivity index is 2.89. The molecule has 7 nitrogen and oxygen atoms in total.